The fourth-order valence-electron chi connectivity index (χ4n) is 3.77. The molecule has 2 atom stereocenters. The summed E-state index contributed by atoms with van der Waals surface area (Å²) in [6.45, 7) is 8.77. The number of aliphatic hydroxyl groups excluding tert-OH is 1. The molecule has 1 aromatic rings. The third-order valence-corrected chi connectivity index (χ3v) is 5.08. The van der Waals surface area contributed by atoms with Gasteiger partial charge < -0.3 is 14.7 Å². The van der Waals surface area contributed by atoms with Crippen molar-refractivity contribution in [3.8, 4) is 5.75 Å². The summed E-state index contributed by atoms with van der Waals surface area (Å²) in [7, 11) is 0. The molecule has 0 bridgehead atoms. The van der Waals surface area contributed by atoms with Gasteiger partial charge in [-0.2, -0.15) is 0 Å². The molecule has 0 aliphatic carbocycles. The number of ether oxygens (including phenoxy) is 1. The lowest BCUT2D eigenvalue weighted by Gasteiger charge is -2.40. The van der Waals surface area contributed by atoms with Crippen LogP contribution in [0.25, 0.3) is 0 Å². The summed E-state index contributed by atoms with van der Waals surface area (Å²) in [5.41, 5.74) is 1.97. The second kappa shape index (κ2) is 5.62. The second-order valence-electron chi connectivity index (χ2n) is 7.03. The van der Waals surface area contributed by atoms with Gasteiger partial charge in [0.15, 0.2) is 0 Å². The molecule has 2 aliphatic heterocycles. The highest BCUT2D eigenvalue weighted by molar-refractivity contribution is 5.41. The molecular formula is C18H27NO2. The quantitative estimate of drug-likeness (QED) is 0.859. The Morgan fingerprint density at radius 1 is 1.29 bits per heavy atom. The normalized spacial score (nSPS) is 30.0. The van der Waals surface area contributed by atoms with Crippen LogP contribution in [-0.4, -0.2) is 34.7 Å². The summed E-state index contributed by atoms with van der Waals surface area (Å²) in [4.78, 5) is 2.52. The fraction of sp³-hybridized carbons (Fsp3) is 0.667. The largest absolute Gasteiger partial charge is 0.487 e. The lowest BCUT2D eigenvalue weighted by atomic mass is 9.83. The molecule has 1 unspecified atom stereocenters. The Balaban J connectivity index is 1.82. The highest BCUT2D eigenvalue weighted by Gasteiger charge is 2.41. The minimum absolute atomic E-state index is 0.175. The van der Waals surface area contributed by atoms with Crippen LogP contribution < -0.4 is 4.74 Å². The van der Waals surface area contributed by atoms with E-state index in [-0.39, 0.29) is 11.7 Å². The zero-order valence-corrected chi connectivity index (χ0v) is 13.4. The summed E-state index contributed by atoms with van der Waals surface area (Å²) in [5, 5.41) is 10.6. The van der Waals surface area contributed by atoms with E-state index < -0.39 is 0 Å². The van der Waals surface area contributed by atoms with Crippen LogP contribution in [0.4, 0.5) is 0 Å². The molecule has 0 amide bonds. The molecule has 3 heteroatoms. The van der Waals surface area contributed by atoms with Crippen LogP contribution in [0.15, 0.2) is 18.2 Å². The maximum absolute atomic E-state index is 10.6. The van der Waals surface area contributed by atoms with Crippen LogP contribution in [0.2, 0.25) is 0 Å². The van der Waals surface area contributed by atoms with Gasteiger partial charge in [-0.1, -0.05) is 11.6 Å². The molecule has 0 radical (unpaired) electrons. The third-order valence-electron chi connectivity index (χ3n) is 5.08. The summed E-state index contributed by atoms with van der Waals surface area (Å²) in [6, 6.07) is 6.74. The van der Waals surface area contributed by atoms with Crippen LogP contribution in [0.3, 0.4) is 0 Å². The van der Waals surface area contributed by atoms with Crippen molar-refractivity contribution in [1.82, 2.24) is 4.90 Å². The summed E-state index contributed by atoms with van der Waals surface area (Å²) >= 11 is 0. The smallest absolute Gasteiger partial charge is 0.125 e. The molecule has 116 valence electrons. The first kappa shape index (κ1) is 14.9. The average Bonchev–Trinajstić information content (AvgIpc) is 2.63. The van der Waals surface area contributed by atoms with E-state index in [1.54, 1.807) is 0 Å². The number of nitrogens with zero attached hydrogens (tertiary/aromatic N) is 1. The Morgan fingerprint density at radius 2 is 2.10 bits per heavy atom. The van der Waals surface area contributed by atoms with E-state index in [2.05, 4.69) is 37.8 Å². The van der Waals surface area contributed by atoms with Gasteiger partial charge in [-0.3, -0.25) is 0 Å². The van der Waals surface area contributed by atoms with Gasteiger partial charge in [0.1, 0.15) is 11.4 Å². The van der Waals surface area contributed by atoms with Crippen LogP contribution >= 0.6 is 0 Å². The van der Waals surface area contributed by atoms with E-state index in [1.807, 2.05) is 6.07 Å². The SMILES string of the molecule is Cc1ccc2c(c1)[C@H](O)CC1(CCCN(C(C)C)CC1)O2. The van der Waals surface area contributed by atoms with Gasteiger partial charge in [-0.05, 0) is 58.7 Å². The number of fused-ring (bicyclic) bond motifs is 1. The van der Waals surface area contributed by atoms with Crippen molar-refractivity contribution in [3.63, 3.8) is 0 Å². The third kappa shape index (κ3) is 2.95. The summed E-state index contributed by atoms with van der Waals surface area (Å²) < 4.78 is 6.41. The zero-order valence-electron chi connectivity index (χ0n) is 13.4. The van der Waals surface area contributed by atoms with Crippen LogP contribution in [0.5, 0.6) is 5.75 Å². The first-order valence-electron chi connectivity index (χ1n) is 8.21. The number of benzene rings is 1. The number of hydrogen-bond donors (Lipinski definition) is 1. The maximum Gasteiger partial charge on any atom is 0.125 e. The lowest BCUT2D eigenvalue weighted by Crippen LogP contribution is -2.42. The first-order valence-corrected chi connectivity index (χ1v) is 8.21. The minimum atomic E-state index is -0.390. The molecule has 1 aromatic carbocycles. The van der Waals surface area contributed by atoms with Crippen LogP contribution in [-0.2, 0) is 0 Å². The molecular weight excluding hydrogens is 262 g/mol. The topological polar surface area (TPSA) is 32.7 Å². The fourth-order valence-corrected chi connectivity index (χ4v) is 3.77. The van der Waals surface area contributed by atoms with Gasteiger partial charge in [0.05, 0.1) is 6.10 Å². The standard InChI is InChI=1S/C18H27NO2/c1-13(2)19-9-4-7-18(8-10-19)12-16(20)15-11-14(3)5-6-17(15)21-18/h5-6,11,13,16,20H,4,7-10,12H2,1-3H3/t16-,18?/m1/s1. The van der Waals surface area contributed by atoms with Crippen molar-refractivity contribution in [2.45, 2.75) is 64.2 Å². The van der Waals surface area contributed by atoms with Crippen LogP contribution in [0, 0.1) is 6.92 Å². The Bertz CT molecular complexity index is 514. The minimum Gasteiger partial charge on any atom is -0.487 e. The molecule has 3 nitrogen and oxygen atoms in total. The summed E-state index contributed by atoms with van der Waals surface area (Å²) in [6.07, 6.45) is 3.54. The molecule has 1 saturated heterocycles. The van der Waals surface area contributed by atoms with Gasteiger partial charge in [0, 0.05) is 24.6 Å². The van der Waals surface area contributed by atoms with E-state index in [1.165, 1.54) is 5.56 Å². The number of aliphatic hydroxyl groups is 1. The van der Waals surface area contributed by atoms with Crippen molar-refractivity contribution >= 4 is 0 Å². The number of likely N-dealkylation sites (tertiary alicyclic amines) is 1. The monoisotopic (exact) mass is 289 g/mol. The molecule has 0 aromatic heterocycles. The van der Waals surface area contributed by atoms with E-state index >= 15 is 0 Å². The van der Waals surface area contributed by atoms with Gasteiger partial charge in [0.2, 0.25) is 0 Å². The molecule has 0 saturated carbocycles. The molecule has 1 spiro atoms. The molecule has 3 rings (SSSR count). The van der Waals surface area contributed by atoms with Gasteiger partial charge in [-0.15, -0.1) is 0 Å². The second-order valence-corrected chi connectivity index (χ2v) is 7.03. The van der Waals surface area contributed by atoms with Crippen molar-refractivity contribution < 1.29 is 9.84 Å². The molecule has 2 heterocycles. The van der Waals surface area contributed by atoms with Crippen LogP contribution in [0.1, 0.15) is 56.8 Å². The molecule has 2 aliphatic rings. The van der Waals surface area contributed by atoms with E-state index in [4.69, 9.17) is 4.74 Å². The number of rotatable bonds is 1. The predicted molar refractivity (Wildman–Crippen MR) is 84.7 cm³/mol. The Morgan fingerprint density at radius 3 is 2.86 bits per heavy atom. The van der Waals surface area contributed by atoms with Gasteiger partial charge >= 0.3 is 0 Å². The van der Waals surface area contributed by atoms with E-state index in [0.29, 0.717) is 6.04 Å². The van der Waals surface area contributed by atoms with Crippen molar-refractivity contribution in [3.05, 3.63) is 29.3 Å². The zero-order chi connectivity index (χ0) is 15.0. The van der Waals surface area contributed by atoms with Crippen molar-refractivity contribution in [2.24, 2.45) is 0 Å². The number of aryl methyl sites for hydroxylation is 1. The molecule has 1 fully saturated rings. The maximum atomic E-state index is 10.6. The lowest BCUT2D eigenvalue weighted by molar-refractivity contribution is -0.0243. The Labute approximate surface area is 127 Å². The van der Waals surface area contributed by atoms with Gasteiger partial charge in [-0.25, -0.2) is 0 Å². The van der Waals surface area contributed by atoms with E-state index in [0.717, 1.165) is 50.1 Å². The van der Waals surface area contributed by atoms with Gasteiger partial charge in [0.25, 0.3) is 0 Å². The predicted octanol–water partition coefficient (Wildman–Crippen LogP) is 3.44. The Kier molecular flexibility index (Phi) is 3.98. The molecule has 1 N–H and O–H groups in total. The number of hydrogen-bond acceptors (Lipinski definition) is 3. The highest BCUT2D eigenvalue weighted by atomic mass is 16.5. The molecule has 21 heavy (non-hydrogen) atoms. The van der Waals surface area contributed by atoms with Crippen molar-refractivity contribution in [1.29, 1.82) is 0 Å². The first-order chi connectivity index (χ1) is 9.99. The highest BCUT2D eigenvalue weighted by Crippen LogP contribution is 2.44. The average molecular weight is 289 g/mol. The van der Waals surface area contributed by atoms with Crippen molar-refractivity contribution in [2.75, 3.05) is 13.1 Å². The van der Waals surface area contributed by atoms with E-state index in [9.17, 15) is 5.11 Å². The summed E-state index contributed by atoms with van der Waals surface area (Å²) in [5.74, 6) is 0.886. The Hall–Kier alpha value is -1.06.